The van der Waals surface area contributed by atoms with E-state index in [2.05, 4.69) is 26.1 Å². The second kappa shape index (κ2) is 1.84. The predicted molar refractivity (Wildman–Crippen MR) is 42.0 cm³/mol. The lowest BCUT2D eigenvalue weighted by Gasteiger charge is -2.03. The standard InChI is InChI=1S/C7H14P/c1-7-4-5-8(2,3)6-7/h6H,4-5H2,1-3H3/q+1. The Hall–Kier alpha value is 0.170. The van der Waals surface area contributed by atoms with Gasteiger partial charge in [-0.1, -0.05) is 0 Å². The molecule has 0 aliphatic carbocycles. The highest BCUT2D eigenvalue weighted by atomic mass is 31.2. The minimum absolute atomic E-state index is 0.511. The smallest absolute Gasteiger partial charge is 0.0402 e. The molecule has 46 valence electrons. The highest BCUT2D eigenvalue weighted by molar-refractivity contribution is 7.77. The summed E-state index contributed by atoms with van der Waals surface area (Å²) >= 11 is 0. The SMILES string of the molecule is CC1=C[P+](C)(C)CC1. The normalized spacial score (nSPS) is 25.6. The second-order valence-corrected chi connectivity index (χ2v) is 7.49. The van der Waals surface area contributed by atoms with Crippen molar-refractivity contribution in [3.63, 3.8) is 0 Å². The third-order valence-electron chi connectivity index (χ3n) is 1.65. The number of hydrogen-bond acceptors (Lipinski definition) is 0. The van der Waals surface area contributed by atoms with E-state index < -0.39 is 7.26 Å². The van der Waals surface area contributed by atoms with Gasteiger partial charge in [-0.15, -0.1) is 0 Å². The zero-order valence-corrected chi connectivity index (χ0v) is 6.83. The second-order valence-electron chi connectivity index (χ2n) is 3.23. The molecule has 0 aromatic heterocycles. The maximum atomic E-state index is 2.49. The molecule has 1 heteroatoms. The van der Waals surface area contributed by atoms with E-state index in [0.717, 1.165) is 0 Å². The predicted octanol–water partition coefficient (Wildman–Crippen LogP) is 2.57. The van der Waals surface area contributed by atoms with Crippen LogP contribution in [0, 0.1) is 0 Å². The molecule has 0 fully saturated rings. The summed E-state index contributed by atoms with van der Waals surface area (Å²) in [6.07, 6.45) is 2.82. The van der Waals surface area contributed by atoms with Gasteiger partial charge < -0.3 is 0 Å². The Morgan fingerprint density at radius 2 is 2.12 bits per heavy atom. The monoisotopic (exact) mass is 129 g/mol. The molecule has 0 N–H and O–H groups in total. The van der Waals surface area contributed by atoms with Gasteiger partial charge in [0, 0.05) is 13.7 Å². The lowest BCUT2D eigenvalue weighted by molar-refractivity contribution is 1.14. The minimum Gasteiger partial charge on any atom is -0.0402 e. The first kappa shape index (κ1) is 6.29. The van der Waals surface area contributed by atoms with Gasteiger partial charge in [0.05, 0.1) is 25.3 Å². The highest BCUT2D eigenvalue weighted by Crippen LogP contribution is 2.58. The molecule has 0 unspecified atom stereocenters. The van der Waals surface area contributed by atoms with E-state index in [1.165, 1.54) is 12.6 Å². The Labute approximate surface area is 52.3 Å². The van der Waals surface area contributed by atoms with Crippen LogP contribution in [0.2, 0.25) is 0 Å². The average Bonchev–Trinajstić information content (AvgIpc) is 1.82. The van der Waals surface area contributed by atoms with E-state index >= 15 is 0 Å². The quantitative estimate of drug-likeness (QED) is 0.441. The molecule has 1 rings (SSSR count). The summed E-state index contributed by atoms with van der Waals surface area (Å²) < 4.78 is 0. The van der Waals surface area contributed by atoms with Gasteiger partial charge in [-0.25, -0.2) is 0 Å². The van der Waals surface area contributed by atoms with Crippen LogP contribution in [0.25, 0.3) is 0 Å². The molecule has 1 heterocycles. The van der Waals surface area contributed by atoms with Crippen LogP contribution in [0.1, 0.15) is 13.3 Å². The average molecular weight is 129 g/mol. The van der Waals surface area contributed by atoms with Gasteiger partial charge in [0.1, 0.15) is 0 Å². The summed E-state index contributed by atoms with van der Waals surface area (Å²) in [4.78, 5) is 0. The van der Waals surface area contributed by atoms with Crippen LogP contribution in [0.5, 0.6) is 0 Å². The summed E-state index contributed by atoms with van der Waals surface area (Å²) in [6.45, 7) is 7.06. The van der Waals surface area contributed by atoms with Crippen LogP contribution >= 0.6 is 7.26 Å². The minimum atomic E-state index is -0.511. The molecule has 0 atom stereocenters. The third kappa shape index (κ3) is 1.32. The summed E-state index contributed by atoms with van der Waals surface area (Å²) in [6, 6.07) is 0. The first-order valence-corrected chi connectivity index (χ1v) is 6.05. The third-order valence-corrected chi connectivity index (χ3v) is 4.17. The van der Waals surface area contributed by atoms with E-state index in [-0.39, 0.29) is 0 Å². The molecule has 0 bridgehead atoms. The van der Waals surface area contributed by atoms with Crippen molar-refractivity contribution in [3.8, 4) is 0 Å². The van der Waals surface area contributed by atoms with Crippen molar-refractivity contribution < 1.29 is 0 Å². The van der Waals surface area contributed by atoms with Gasteiger partial charge in [0.2, 0.25) is 0 Å². The Morgan fingerprint density at radius 3 is 2.25 bits per heavy atom. The first-order chi connectivity index (χ1) is 3.60. The number of rotatable bonds is 0. The topological polar surface area (TPSA) is 0 Å². The van der Waals surface area contributed by atoms with Crippen molar-refractivity contribution in [2.24, 2.45) is 0 Å². The Morgan fingerprint density at radius 1 is 1.50 bits per heavy atom. The van der Waals surface area contributed by atoms with E-state index in [4.69, 9.17) is 0 Å². The Balaban J connectivity index is 2.67. The lowest BCUT2D eigenvalue weighted by Crippen LogP contribution is -1.81. The molecular formula is C7H14P+. The number of allylic oxidation sites excluding steroid dienone is 1. The fraction of sp³-hybridized carbons (Fsp3) is 0.714. The molecule has 1 aliphatic heterocycles. The Bertz CT molecular complexity index is 122. The van der Waals surface area contributed by atoms with Gasteiger partial charge in [0.25, 0.3) is 0 Å². The van der Waals surface area contributed by atoms with Crippen molar-refractivity contribution >= 4 is 7.26 Å². The molecule has 0 radical (unpaired) electrons. The van der Waals surface area contributed by atoms with Crippen molar-refractivity contribution in [2.45, 2.75) is 13.3 Å². The van der Waals surface area contributed by atoms with Crippen LogP contribution < -0.4 is 0 Å². The van der Waals surface area contributed by atoms with Crippen molar-refractivity contribution in [3.05, 3.63) is 11.4 Å². The fourth-order valence-electron chi connectivity index (χ4n) is 1.19. The zero-order valence-electron chi connectivity index (χ0n) is 5.94. The van der Waals surface area contributed by atoms with E-state index in [1.54, 1.807) is 5.57 Å². The molecule has 0 aromatic rings. The lowest BCUT2D eigenvalue weighted by atomic mass is 10.3. The van der Waals surface area contributed by atoms with Crippen molar-refractivity contribution in [1.29, 1.82) is 0 Å². The molecule has 0 amide bonds. The van der Waals surface area contributed by atoms with Crippen LogP contribution in [-0.2, 0) is 0 Å². The Kier molecular flexibility index (Phi) is 1.45. The van der Waals surface area contributed by atoms with Gasteiger partial charge >= 0.3 is 0 Å². The zero-order chi connectivity index (χ0) is 6.20. The highest BCUT2D eigenvalue weighted by Gasteiger charge is 2.27. The van der Waals surface area contributed by atoms with E-state index in [1.807, 2.05) is 0 Å². The van der Waals surface area contributed by atoms with E-state index in [0.29, 0.717) is 0 Å². The molecule has 0 saturated heterocycles. The van der Waals surface area contributed by atoms with Gasteiger partial charge in [0.15, 0.2) is 0 Å². The maximum Gasteiger partial charge on any atom is 0.0668 e. The largest absolute Gasteiger partial charge is 0.0668 e. The van der Waals surface area contributed by atoms with Gasteiger partial charge in [-0.2, -0.15) is 0 Å². The first-order valence-electron chi connectivity index (χ1n) is 3.11. The van der Waals surface area contributed by atoms with E-state index in [9.17, 15) is 0 Å². The molecule has 0 saturated carbocycles. The van der Waals surface area contributed by atoms with Crippen LogP contribution in [0.15, 0.2) is 11.4 Å². The fourth-order valence-corrected chi connectivity index (χ4v) is 3.57. The molecule has 1 aliphatic rings. The maximum absolute atomic E-state index is 2.49. The summed E-state index contributed by atoms with van der Waals surface area (Å²) in [5.74, 6) is 2.49. The van der Waals surface area contributed by atoms with Gasteiger partial charge in [-0.05, 0) is 12.5 Å². The molecular weight excluding hydrogens is 115 g/mol. The molecule has 0 nitrogen and oxygen atoms in total. The van der Waals surface area contributed by atoms with Crippen LogP contribution in [-0.4, -0.2) is 19.5 Å². The molecule has 8 heavy (non-hydrogen) atoms. The van der Waals surface area contributed by atoms with Crippen LogP contribution in [0.3, 0.4) is 0 Å². The van der Waals surface area contributed by atoms with Crippen molar-refractivity contribution in [1.82, 2.24) is 0 Å². The van der Waals surface area contributed by atoms with Crippen LogP contribution in [0.4, 0.5) is 0 Å². The van der Waals surface area contributed by atoms with Crippen molar-refractivity contribution in [2.75, 3.05) is 19.5 Å². The molecule has 0 aromatic carbocycles. The summed E-state index contributed by atoms with van der Waals surface area (Å²) in [5, 5.41) is 0. The number of hydrogen-bond donors (Lipinski definition) is 0. The molecule has 0 spiro atoms. The summed E-state index contributed by atoms with van der Waals surface area (Å²) in [5.41, 5.74) is 1.61. The van der Waals surface area contributed by atoms with Gasteiger partial charge in [-0.3, -0.25) is 0 Å². The summed E-state index contributed by atoms with van der Waals surface area (Å²) in [7, 11) is -0.511.